The highest BCUT2D eigenvalue weighted by Crippen LogP contribution is 2.78. The van der Waals surface area contributed by atoms with E-state index in [0.29, 0.717) is 17.5 Å². The Hall–Kier alpha value is -1.83. The summed E-state index contributed by atoms with van der Waals surface area (Å²) in [6, 6.07) is 4.45. The van der Waals surface area contributed by atoms with Crippen LogP contribution in [-0.4, -0.2) is 66.3 Å². The molecule has 0 unspecified atom stereocenters. The Kier molecular flexibility index (Phi) is 5.44. The molecule has 0 amide bonds. The third kappa shape index (κ3) is 3.13. The maximum Gasteiger partial charge on any atom is 0.513 e. The van der Waals surface area contributed by atoms with Crippen LogP contribution in [0.4, 0.5) is 4.79 Å². The molecule has 4 saturated carbocycles. The van der Waals surface area contributed by atoms with Gasteiger partial charge in [0, 0.05) is 42.0 Å². The van der Waals surface area contributed by atoms with Crippen molar-refractivity contribution in [2.45, 2.75) is 108 Å². The first-order valence-electron chi connectivity index (χ1n) is 15.1. The molecule has 5 fully saturated rings. The SMILES string of the molecule is CCOC(=O)Oc1ccc2c3c1O[C@H]1[C@@]4(OC)CC[C@@]5(C[C@@H]4[C@](C)(O)C(C)(C)C)[C@@H](C2)N(CC2CC2)CC[C@]315. The van der Waals surface area contributed by atoms with Crippen LogP contribution in [-0.2, 0) is 21.3 Å². The largest absolute Gasteiger partial charge is 0.513 e. The average Bonchev–Trinajstić information content (AvgIpc) is 3.62. The van der Waals surface area contributed by atoms with Crippen molar-refractivity contribution >= 4 is 6.16 Å². The normalized spacial score (nSPS) is 39.5. The number of aliphatic hydroxyl groups is 1. The number of ether oxygens (including phenoxy) is 4. The summed E-state index contributed by atoms with van der Waals surface area (Å²) in [6.07, 6.45) is 6.54. The van der Waals surface area contributed by atoms with Crippen molar-refractivity contribution in [3.63, 3.8) is 0 Å². The van der Waals surface area contributed by atoms with Gasteiger partial charge in [-0.25, -0.2) is 4.79 Å². The monoisotopic (exact) mass is 539 g/mol. The Morgan fingerprint density at radius 2 is 1.95 bits per heavy atom. The number of likely N-dealkylation sites (tertiary alicyclic amines) is 1. The predicted octanol–water partition coefficient (Wildman–Crippen LogP) is 5.24. The van der Waals surface area contributed by atoms with Gasteiger partial charge >= 0.3 is 6.16 Å². The average molecular weight is 540 g/mol. The fourth-order valence-corrected chi connectivity index (χ4v) is 9.89. The lowest BCUT2D eigenvalue weighted by Gasteiger charge is -2.75. The maximum absolute atomic E-state index is 12.4. The molecule has 8 rings (SSSR count). The highest BCUT2D eigenvalue weighted by molar-refractivity contribution is 5.70. The van der Waals surface area contributed by atoms with E-state index in [4.69, 9.17) is 18.9 Å². The number of carbonyl (C=O) groups excluding carboxylic acids is 1. The molecule has 0 radical (unpaired) electrons. The summed E-state index contributed by atoms with van der Waals surface area (Å²) in [4.78, 5) is 15.2. The second-order valence-electron chi connectivity index (χ2n) is 14.6. The molecule has 39 heavy (non-hydrogen) atoms. The van der Waals surface area contributed by atoms with Crippen LogP contribution in [0.5, 0.6) is 11.5 Å². The Morgan fingerprint density at radius 1 is 1.18 bits per heavy atom. The number of nitrogens with zero attached hydrogens (tertiary/aromatic N) is 1. The Morgan fingerprint density at radius 3 is 2.62 bits per heavy atom. The van der Waals surface area contributed by atoms with Crippen molar-refractivity contribution in [1.29, 1.82) is 0 Å². The first-order chi connectivity index (χ1) is 18.4. The van der Waals surface area contributed by atoms with Gasteiger partial charge in [0.1, 0.15) is 11.7 Å². The van der Waals surface area contributed by atoms with E-state index in [-0.39, 0.29) is 34.9 Å². The molecule has 2 heterocycles. The molecule has 1 N–H and O–H groups in total. The minimum Gasteiger partial charge on any atom is -0.482 e. The van der Waals surface area contributed by atoms with Crippen LogP contribution >= 0.6 is 0 Å². The van der Waals surface area contributed by atoms with Crippen molar-refractivity contribution in [2.75, 3.05) is 26.8 Å². The fourth-order valence-electron chi connectivity index (χ4n) is 9.89. The van der Waals surface area contributed by atoms with E-state index in [0.717, 1.165) is 44.6 Å². The molecular weight excluding hydrogens is 494 g/mol. The topological polar surface area (TPSA) is 77.5 Å². The van der Waals surface area contributed by atoms with Gasteiger partial charge in [-0.2, -0.15) is 0 Å². The third-order valence-corrected chi connectivity index (χ3v) is 12.3. The molecule has 1 aromatic carbocycles. The van der Waals surface area contributed by atoms with Gasteiger partial charge in [-0.05, 0) is 88.3 Å². The number of methoxy groups -OCH3 is 1. The standard InChI is InChI=1S/C32H45NO6/c1-7-37-27(34)38-21-11-10-20-16-23-30-12-13-32(36-6,22(17-30)29(5,35)28(2,3)4)26-31(30,24(20)25(21)39-26)14-15-33(23)18-19-8-9-19/h10-11,19,22-23,26,35H,7-9,12-18H2,1-6H3/t22-,23-,26-,29+,30-,31+,32-/m1/s1. The molecule has 7 aliphatic rings. The van der Waals surface area contributed by atoms with Crippen LogP contribution in [0, 0.1) is 22.7 Å². The highest BCUT2D eigenvalue weighted by atomic mass is 16.7. The van der Waals surface area contributed by atoms with Gasteiger partial charge < -0.3 is 24.1 Å². The summed E-state index contributed by atoms with van der Waals surface area (Å²) in [6.45, 7) is 12.7. The molecular formula is C32H45NO6. The van der Waals surface area contributed by atoms with Crippen LogP contribution in [0.15, 0.2) is 12.1 Å². The Balaban J connectivity index is 1.43. The molecule has 5 aliphatic carbocycles. The highest BCUT2D eigenvalue weighted by Gasteiger charge is 2.82. The number of fused-ring (bicyclic) bond motifs is 2. The molecule has 2 spiro atoms. The third-order valence-electron chi connectivity index (χ3n) is 12.3. The van der Waals surface area contributed by atoms with E-state index in [1.54, 1.807) is 6.92 Å². The van der Waals surface area contributed by atoms with Crippen LogP contribution in [0.2, 0.25) is 0 Å². The van der Waals surface area contributed by atoms with Crippen molar-refractivity contribution in [3.8, 4) is 11.5 Å². The van der Waals surface area contributed by atoms with Crippen molar-refractivity contribution in [1.82, 2.24) is 4.90 Å². The second-order valence-corrected chi connectivity index (χ2v) is 14.6. The zero-order chi connectivity index (χ0) is 27.6. The molecule has 7 nitrogen and oxygen atoms in total. The van der Waals surface area contributed by atoms with Gasteiger partial charge in [-0.1, -0.05) is 26.8 Å². The van der Waals surface area contributed by atoms with Crippen LogP contribution in [0.25, 0.3) is 0 Å². The molecule has 1 aromatic rings. The van der Waals surface area contributed by atoms with Crippen LogP contribution in [0.3, 0.4) is 0 Å². The van der Waals surface area contributed by atoms with Crippen molar-refractivity contribution < 1.29 is 28.8 Å². The quantitative estimate of drug-likeness (QED) is 0.391. The smallest absolute Gasteiger partial charge is 0.482 e. The zero-order valence-corrected chi connectivity index (χ0v) is 24.5. The summed E-state index contributed by atoms with van der Waals surface area (Å²) in [5.74, 6) is 1.87. The summed E-state index contributed by atoms with van der Waals surface area (Å²) in [7, 11) is 1.81. The Bertz CT molecular complexity index is 1200. The van der Waals surface area contributed by atoms with Crippen LogP contribution < -0.4 is 9.47 Å². The minimum absolute atomic E-state index is 0.0359. The summed E-state index contributed by atoms with van der Waals surface area (Å²) in [5.41, 5.74) is 0.354. The summed E-state index contributed by atoms with van der Waals surface area (Å²) < 4.78 is 24.6. The van der Waals surface area contributed by atoms with E-state index in [1.807, 2.05) is 20.1 Å². The van der Waals surface area contributed by atoms with E-state index < -0.39 is 17.4 Å². The van der Waals surface area contributed by atoms with Gasteiger partial charge in [0.25, 0.3) is 0 Å². The van der Waals surface area contributed by atoms with Gasteiger partial charge in [-0.3, -0.25) is 4.90 Å². The number of benzene rings is 1. The van der Waals surface area contributed by atoms with Gasteiger partial charge in [0.05, 0.1) is 12.2 Å². The molecule has 2 aliphatic heterocycles. The first kappa shape index (κ1) is 26.1. The number of hydrogen-bond donors (Lipinski definition) is 1. The number of piperidine rings is 1. The number of carbonyl (C=O) groups is 1. The van der Waals surface area contributed by atoms with Gasteiger partial charge in [0.15, 0.2) is 11.5 Å². The number of rotatable bonds is 6. The summed E-state index contributed by atoms with van der Waals surface area (Å²) >= 11 is 0. The van der Waals surface area contributed by atoms with E-state index >= 15 is 0 Å². The summed E-state index contributed by atoms with van der Waals surface area (Å²) in [5, 5.41) is 12.3. The first-order valence-corrected chi connectivity index (χ1v) is 15.1. The van der Waals surface area contributed by atoms with Crippen molar-refractivity contribution in [3.05, 3.63) is 23.3 Å². The molecule has 7 atom stereocenters. The van der Waals surface area contributed by atoms with Crippen LogP contribution in [0.1, 0.15) is 84.3 Å². The number of hydrogen-bond acceptors (Lipinski definition) is 7. The molecule has 4 bridgehead atoms. The predicted molar refractivity (Wildman–Crippen MR) is 146 cm³/mol. The minimum atomic E-state index is -0.962. The lowest BCUT2D eigenvalue weighted by Crippen LogP contribution is -2.83. The zero-order valence-electron chi connectivity index (χ0n) is 24.5. The van der Waals surface area contributed by atoms with E-state index in [2.05, 4.69) is 31.7 Å². The van der Waals surface area contributed by atoms with Crippen molar-refractivity contribution in [2.24, 2.45) is 22.7 Å². The molecule has 214 valence electrons. The fraction of sp³-hybridized carbons (Fsp3) is 0.781. The lowest BCUT2D eigenvalue weighted by atomic mass is 9.33. The Labute approximate surface area is 232 Å². The maximum atomic E-state index is 12.4. The molecule has 1 saturated heterocycles. The second kappa shape index (κ2) is 8.13. The molecule has 7 heteroatoms. The van der Waals surface area contributed by atoms with E-state index in [9.17, 15) is 9.90 Å². The van der Waals surface area contributed by atoms with Gasteiger partial charge in [-0.15, -0.1) is 0 Å². The lowest BCUT2D eigenvalue weighted by molar-refractivity contribution is -0.312. The molecule has 0 aromatic heterocycles. The van der Waals surface area contributed by atoms with Gasteiger partial charge in [0.2, 0.25) is 0 Å². The van der Waals surface area contributed by atoms with E-state index in [1.165, 1.54) is 30.5 Å².